The minimum atomic E-state index is 1.01. The minimum Gasteiger partial charge on any atom is -0.0853 e. The molecule has 0 amide bonds. The van der Waals surface area contributed by atoms with E-state index in [1.807, 2.05) is 0 Å². The molecule has 64 valence electrons. The van der Waals surface area contributed by atoms with E-state index in [0.717, 1.165) is 11.8 Å². The molecular weight excluding hydrogens is 132 g/mol. The number of rotatable bonds is 3. The summed E-state index contributed by atoms with van der Waals surface area (Å²) in [5, 5.41) is 0. The van der Waals surface area contributed by atoms with Gasteiger partial charge in [0.05, 0.1) is 0 Å². The third kappa shape index (κ3) is 2.69. The fraction of sp³-hybridized carbons (Fsp3) is 0.818. The fourth-order valence-corrected chi connectivity index (χ4v) is 1.77. The van der Waals surface area contributed by atoms with Gasteiger partial charge in [0.1, 0.15) is 0 Å². The Balaban J connectivity index is 2.13. The van der Waals surface area contributed by atoms with E-state index in [4.69, 9.17) is 0 Å². The van der Waals surface area contributed by atoms with Crippen LogP contribution < -0.4 is 0 Å². The minimum absolute atomic E-state index is 1.01. The van der Waals surface area contributed by atoms with E-state index < -0.39 is 0 Å². The first-order valence-corrected chi connectivity index (χ1v) is 4.88. The van der Waals surface area contributed by atoms with Gasteiger partial charge in [0.2, 0.25) is 0 Å². The molecule has 0 spiro atoms. The average Bonchev–Trinajstić information content (AvgIpc) is 1.95. The Labute approximate surface area is 70.7 Å². The molecule has 0 radical (unpaired) electrons. The summed E-state index contributed by atoms with van der Waals surface area (Å²) in [6.45, 7) is 6.82. The first-order chi connectivity index (χ1) is 5.22. The van der Waals surface area contributed by atoms with E-state index >= 15 is 0 Å². The molecule has 0 atom stereocenters. The Kier molecular flexibility index (Phi) is 3.16. The van der Waals surface area contributed by atoms with Crippen molar-refractivity contribution < 1.29 is 0 Å². The third-order valence-electron chi connectivity index (χ3n) is 2.83. The molecule has 1 rings (SSSR count). The van der Waals surface area contributed by atoms with Gasteiger partial charge in [-0.1, -0.05) is 25.5 Å². The second-order valence-electron chi connectivity index (χ2n) is 4.08. The lowest BCUT2D eigenvalue weighted by molar-refractivity contribution is 0.214. The first kappa shape index (κ1) is 8.83. The van der Waals surface area contributed by atoms with Crippen molar-refractivity contribution in [1.29, 1.82) is 0 Å². The monoisotopic (exact) mass is 152 g/mol. The van der Waals surface area contributed by atoms with Crippen molar-refractivity contribution in [1.82, 2.24) is 0 Å². The third-order valence-corrected chi connectivity index (χ3v) is 2.83. The SMILES string of the molecule is CCC(C)=CCC1CC(C)C1. The Bertz CT molecular complexity index is 138. The van der Waals surface area contributed by atoms with Crippen LogP contribution in [-0.4, -0.2) is 0 Å². The van der Waals surface area contributed by atoms with Gasteiger partial charge >= 0.3 is 0 Å². The zero-order valence-electron chi connectivity index (χ0n) is 8.06. The summed E-state index contributed by atoms with van der Waals surface area (Å²) in [5.41, 5.74) is 1.56. The maximum Gasteiger partial charge on any atom is -0.0319 e. The molecule has 0 saturated heterocycles. The van der Waals surface area contributed by atoms with Crippen molar-refractivity contribution in [2.45, 2.75) is 46.5 Å². The molecule has 0 aromatic rings. The molecule has 0 unspecified atom stereocenters. The summed E-state index contributed by atoms with van der Waals surface area (Å²) >= 11 is 0. The van der Waals surface area contributed by atoms with E-state index in [1.165, 1.54) is 25.7 Å². The zero-order chi connectivity index (χ0) is 8.27. The van der Waals surface area contributed by atoms with Crippen LogP contribution >= 0.6 is 0 Å². The highest BCUT2D eigenvalue weighted by atomic mass is 14.3. The van der Waals surface area contributed by atoms with Crippen LogP contribution in [0, 0.1) is 11.8 Å². The molecular formula is C11H20. The summed E-state index contributed by atoms with van der Waals surface area (Å²) < 4.78 is 0. The molecule has 0 bridgehead atoms. The second kappa shape index (κ2) is 3.94. The summed E-state index contributed by atoms with van der Waals surface area (Å²) in [7, 11) is 0. The van der Waals surface area contributed by atoms with E-state index in [-0.39, 0.29) is 0 Å². The van der Waals surface area contributed by atoms with E-state index in [9.17, 15) is 0 Å². The molecule has 0 aromatic carbocycles. The van der Waals surface area contributed by atoms with Crippen LogP contribution in [0.2, 0.25) is 0 Å². The molecule has 0 aromatic heterocycles. The van der Waals surface area contributed by atoms with Crippen LogP contribution in [0.4, 0.5) is 0 Å². The molecule has 0 N–H and O–H groups in total. The Morgan fingerprint density at radius 2 is 2.09 bits per heavy atom. The van der Waals surface area contributed by atoms with Crippen LogP contribution in [0.5, 0.6) is 0 Å². The van der Waals surface area contributed by atoms with Crippen molar-refractivity contribution in [3.63, 3.8) is 0 Å². The highest BCUT2D eigenvalue weighted by molar-refractivity contribution is 4.98. The Morgan fingerprint density at radius 1 is 1.45 bits per heavy atom. The van der Waals surface area contributed by atoms with Gasteiger partial charge in [-0.3, -0.25) is 0 Å². The van der Waals surface area contributed by atoms with E-state index in [2.05, 4.69) is 26.8 Å². The smallest absolute Gasteiger partial charge is 0.0319 e. The zero-order valence-corrected chi connectivity index (χ0v) is 8.06. The maximum absolute atomic E-state index is 2.43. The largest absolute Gasteiger partial charge is 0.0853 e. The van der Waals surface area contributed by atoms with Crippen LogP contribution in [0.3, 0.4) is 0 Å². The van der Waals surface area contributed by atoms with Crippen LogP contribution in [0.25, 0.3) is 0 Å². The second-order valence-corrected chi connectivity index (χ2v) is 4.08. The summed E-state index contributed by atoms with van der Waals surface area (Å²) in [6, 6.07) is 0. The molecule has 0 heteroatoms. The molecule has 0 aliphatic heterocycles. The lowest BCUT2D eigenvalue weighted by Gasteiger charge is -2.31. The van der Waals surface area contributed by atoms with Gasteiger partial charge in [-0.2, -0.15) is 0 Å². The summed E-state index contributed by atoms with van der Waals surface area (Å²) in [6.07, 6.45) is 7.92. The van der Waals surface area contributed by atoms with Crippen molar-refractivity contribution >= 4 is 0 Å². The van der Waals surface area contributed by atoms with E-state index in [1.54, 1.807) is 5.57 Å². The van der Waals surface area contributed by atoms with Gasteiger partial charge < -0.3 is 0 Å². The first-order valence-electron chi connectivity index (χ1n) is 4.88. The highest BCUT2D eigenvalue weighted by Crippen LogP contribution is 2.35. The summed E-state index contributed by atoms with van der Waals surface area (Å²) in [5.74, 6) is 2.03. The van der Waals surface area contributed by atoms with Gasteiger partial charge in [0.25, 0.3) is 0 Å². The van der Waals surface area contributed by atoms with Crippen LogP contribution in [-0.2, 0) is 0 Å². The van der Waals surface area contributed by atoms with Crippen molar-refractivity contribution in [2.24, 2.45) is 11.8 Å². The lowest BCUT2D eigenvalue weighted by Crippen LogP contribution is -2.20. The average molecular weight is 152 g/mol. The van der Waals surface area contributed by atoms with Crippen LogP contribution in [0.1, 0.15) is 46.5 Å². The Morgan fingerprint density at radius 3 is 2.55 bits per heavy atom. The van der Waals surface area contributed by atoms with E-state index in [0.29, 0.717) is 0 Å². The predicted octanol–water partition coefficient (Wildman–Crippen LogP) is 3.78. The molecule has 0 heterocycles. The van der Waals surface area contributed by atoms with Crippen LogP contribution in [0.15, 0.2) is 11.6 Å². The lowest BCUT2D eigenvalue weighted by atomic mass is 9.74. The van der Waals surface area contributed by atoms with Gasteiger partial charge in [-0.15, -0.1) is 0 Å². The molecule has 1 aliphatic carbocycles. The fourth-order valence-electron chi connectivity index (χ4n) is 1.77. The molecule has 1 aliphatic rings. The summed E-state index contributed by atoms with van der Waals surface area (Å²) in [4.78, 5) is 0. The standard InChI is InChI=1S/C11H20/c1-4-9(2)5-6-11-7-10(3)8-11/h5,10-11H,4,6-8H2,1-3H3. The van der Waals surface area contributed by atoms with Crippen molar-refractivity contribution in [3.05, 3.63) is 11.6 Å². The van der Waals surface area contributed by atoms with Gasteiger partial charge in [0.15, 0.2) is 0 Å². The normalized spacial score (nSPS) is 31.7. The number of hydrogen-bond donors (Lipinski definition) is 0. The Hall–Kier alpha value is -0.260. The maximum atomic E-state index is 2.43. The van der Waals surface area contributed by atoms with Gasteiger partial charge in [-0.05, 0) is 44.4 Å². The quantitative estimate of drug-likeness (QED) is 0.540. The van der Waals surface area contributed by atoms with Gasteiger partial charge in [0, 0.05) is 0 Å². The molecule has 11 heavy (non-hydrogen) atoms. The van der Waals surface area contributed by atoms with Gasteiger partial charge in [-0.25, -0.2) is 0 Å². The molecule has 1 saturated carbocycles. The number of allylic oxidation sites excluding steroid dienone is 2. The van der Waals surface area contributed by atoms with Crippen molar-refractivity contribution in [2.75, 3.05) is 0 Å². The molecule has 1 fully saturated rings. The van der Waals surface area contributed by atoms with Crippen molar-refractivity contribution in [3.8, 4) is 0 Å². The number of hydrogen-bond acceptors (Lipinski definition) is 0. The predicted molar refractivity (Wildman–Crippen MR) is 50.6 cm³/mol. The topological polar surface area (TPSA) is 0 Å². The molecule has 0 nitrogen and oxygen atoms in total. The highest BCUT2D eigenvalue weighted by Gasteiger charge is 2.23.